The maximum absolute atomic E-state index is 12.4. The molecule has 3 N–H and O–H groups in total. The largest absolute Gasteiger partial charge is 0.497 e. The van der Waals surface area contributed by atoms with Gasteiger partial charge in [-0.1, -0.05) is 12.1 Å². The number of ether oxygens (including phenoxy) is 2. The lowest BCUT2D eigenvalue weighted by Gasteiger charge is -2.10. The molecule has 0 fully saturated rings. The summed E-state index contributed by atoms with van der Waals surface area (Å²) in [6, 6.07) is 13.9. The molecule has 1 heterocycles. The Morgan fingerprint density at radius 3 is 2.46 bits per heavy atom. The van der Waals surface area contributed by atoms with Gasteiger partial charge in [-0.2, -0.15) is 0 Å². The van der Waals surface area contributed by atoms with E-state index in [4.69, 9.17) is 15.2 Å². The van der Waals surface area contributed by atoms with Gasteiger partial charge in [0, 0.05) is 5.69 Å². The number of benzene rings is 2. The summed E-state index contributed by atoms with van der Waals surface area (Å²) in [6.45, 7) is 0.519. The highest BCUT2D eigenvalue weighted by Crippen LogP contribution is 2.20. The van der Waals surface area contributed by atoms with Crippen molar-refractivity contribution in [2.45, 2.75) is 23.8 Å². The van der Waals surface area contributed by atoms with E-state index in [-0.39, 0.29) is 17.0 Å². The molecule has 0 radical (unpaired) electrons. The van der Waals surface area contributed by atoms with Crippen molar-refractivity contribution in [1.82, 2.24) is 0 Å². The van der Waals surface area contributed by atoms with E-state index in [1.165, 1.54) is 19.2 Å². The van der Waals surface area contributed by atoms with Crippen LogP contribution in [0.15, 0.2) is 58.4 Å². The van der Waals surface area contributed by atoms with E-state index in [9.17, 15) is 8.42 Å². The third kappa shape index (κ3) is 4.45. The maximum atomic E-state index is 12.4. The topological polar surface area (TPSA) is 103 Å². The van der Waals surface area contributed by atoms with Gasteiger partial charge in [0.2, 0.25) is 0 Å². The van der Waals surface area contributed by atoms with Gasteiger partial charge in [0.1, 0.15) is 12.4 Å². The second kappa shape index (κ2) is 7.65. The van der Waals surface area contributed by atoms with Gasteiger partial charge in [-0.15, -0.1) is 0 Å². The Hall–Kier alpha value is -2.74. The molecule has 0 saturated heterocycles. The second-order valence-electron chi connectivity index (χ2n) is 5.95. The van der Waals surface area contributed by atoms with Crippen LogP contribution < -0.4 is 15.2 Å². The first-order chi connectivity index (χ1) is 12.5. The molecule has 0 aliphatic carbocycles. The highest BCUT2D eigenvalue weighted by atomic mass is 32.2. The average Bonchev–Trinajstić information content (AvgIpc) is 3.06. The lowest BCUT2D eigenvalue weighted by molar-refractivity contribution is 0.308. The molecule has 26 heavy (non-hydrogen) atoms. The SMILES string of the molecule is COc1ccc(S(=O)(=O)Nc2ccc(CCC3COC(N)=N3)cc2)cc1. The molecule has 7 nitrogen and oxygen atoms in total. The first-order valence-electron chi connectivity index (χ1n) is 8.18. The van der Waals surface area contributed by atoms with Gasteiger partial charge in [0.15, 0.2) is 0 Å². The minimum atomic E-state index is -3.64. The number of nitrogens with one attached hydrogen (secondary N) is 1. The number of rotatable bonds is 7. The van der Waals surface area contributed by atoms with Crippen LogP contribution in [0.25, 0.3) is 0 Å². The van der Waals surface area contributed by atoms with Crippen molar-refractivity contribution in [3.8, 4) is 5.75 Å². The van der Waals surface area contributed by atoms with Crippen LogP contribution in [0.3, 0.4) is 0 Å². The van der Waals surface area contributed by atoms with Gasteiger partial charge < -0.3 is 15.2 Å². The number of aryl methyl sites for hydroxylation is 1. The normalized spacial score (nSPS) is 16.7. The summed E-state index contributed by atoms with van der Waals surface area (Å²) < 4.78 is 37.6. The second-order valence-corrected chi connectivity index (χ2v) is 7.63. The van der Waals surface area contributed by atoms with Crippen molar-refractivity contribution >= 4 is 21.7 Å². The van der Waals surface area contributed by atoms with Gasteiger partial charge in [0.25, 0.3) is 16.0 Å². The molecule has 0 bridgehead atoms. The number of methoxy groups -OCH3 is 1. The third-order valence-electron chi connectivity index (χ3n) is 4.08. The van der Waals surface area contributed by atoms with E-state index in [2.05, 4.69) is 9.71 Å². The van der Waals surface area contributed by atoms with Gasteiger partial charge in [-0.05, 0) is 54.8 Å². The third-order valence-corrected chi connectivity index (χ3v) is 5.47. The van der Waals surface area contributed by atoms with E-state index in [0.717, 1.165) is 18.4 Å². The molecule has 1 aliphatic rings. The first kappa shape index (κ1) is 18.1. The Labute approximate surface area is 152 Å². The molecule has 1 unspecified atom stereocenters. The Morgan fingerprint density at radius 1 is 1.19 bits per heavy atom. The van der Waals surface area contributed by atoms with Crippen LogP contribution in [0.5, 0.6) is 5.75 Å². The van der Waals surface area contributed by atoms with Gasteiger partial charge >= 0.3 is 0 Å². The van der Waals surface area contributed by atoms with E-state index in [1.807, 2.05) is 12.1 Å². The summed E-state index contributed by atoms with van der Waals surface area (Å²) in [7, 11) is -2.10. The molecular formula is C18H21N3O4S. The van der Waals surface area contributed by atoms with Crippen LogP contribution in [-0.4, -0.2) is 34.2 Å². The number of hydrogen-bond acceptors (Lipinski definition) is 6. The minimum absolute atomic E-state index is 0.0863. The number of anilines is 1. The van der Waals surface area contributed by atoms with E-state index in [1.54, 1.807) is 24.3 Å². The van der Waals surface area contributed by atoms with E-state index < -0.39 is 10.0 Å². The Morgan fingerprint density at radius 2 is 1.88 bits per heavy atom. The predicted molar refractivity (Wildman–Crippen MR) is 99.9 cm³/mol. The summed E-state index contributed by atoms with van der Waals surface area (Å²) in [4.78, 5) is 4.37. The fourth-order valence-electron chi connectivity index (χ4n) is 2.63. The highest BCUT2D eigenvalue weighted by molar-refractivity contribution is 7.92. The Kier molecular flexibility index (Phi) is 5.32. The van der Waals surface area contributed by atoms with Crippen molar-refractivity contribution in [1.29, 1.82) is 0 Å². The zero-order valence-corrected chi connectivity index (χ0v) is 15.2. The smallest absolute Gasteiger partial charge is 0.282 e. The predicted octanol–water partition coefficient (Wildman–Crippen LogP) is 2.14. The van der Waals surface area contributed by atoms with Crippen LogP contribution in [0, 0.1) is 0 Å². The van der Waals surface area contributed by atoms with E-state index in [0.29, 0.717) is 18.0 Å². The fourth-order valence-corrected chi connectivity index (χ4v) is 3.68. The van der Waals surface area contributed by atoms with Crippen molar-refractivity contribution in [2.75, 3.05) is 18.4 Å². The summed E-state index contributed by atoms with van der Waals surface area (Å²) in [5.74, 6) is 0.604. The molecule has 3 rings (SSSR count). The fraction of sp³-hybridized carbons (Fsp3) is 0.278. The van der Waals surface area contributed by atoms with Gasteiger partial charge in [0.05, 0.1) is 18.0 Å². The summed E-state index contributed by atoms with van der Waals surface area (Å²) in [6.07, 6.45) is 1.65. The Bertz CT molecular complexity index is 878. The summed E-state index contributed by atoms with van der Waals surface area (Å²) in [5.41, 5.74) is 7.10. The zero-order valence-electron chi connectivity index (χ0n) is 14.4. The molecule has 0 aromatic heterocycles. The van der Waals surface area contributed by atoms with E-state index >= 15 is 0 Å². The van der Waals surface area contributed by atoms with Crippen LogP contribution in [0.4, 0.5) is 5.69 Å². The van der Waals surface area contributed by atoms with Gasteiger partial charge in [-0.25, -0.2) is 13.4 Å². The molecule has 0 saturated carbocycles. The van der Waals surface area contributed by atoms with Gasteiger partial charge in [-0.3, -0.25) is 4.72 Å². The minimum Gasteiger partial charge on any atom is -0.497 e. The van der Waals surface area contributed by atoms with Crippen LogP contribution in [0.1, 0.15) is 12.0 Å². The molecule has 1 atom stereocenters. The van der Waals surface area contributed by atoms with Crippen molar-refractivity contribution < 1.29 is 17.9 Å². The van der Waals surface area contributed by atoms with Crippen LogP contribution >= 0.6 is 0 Å². The molecule has 0 amide bonds. The van der Waals surface area contributed by atoms with Crippen molar-refractivity contribution in [3.63, 3.8) is 0 Å². The summed E-state index contributed by atoms with van der Waals surface area (Å²) >= 11 is 0. The maximum Gasteiger partial charge on any atom is 0.282 e. The molecule has 1 aliphatic heterocycles. The molecule has 138 valence electrons. The molecule has 2 aromatic carbocycles. The standard InChI is InChI=1S/C18H21N3O4S/c1-24-16-8-10-17(11-9-16)26(22,23)21-14-5-2-13(3-6-14)4-7-15-12-25-18(19)20-15/h2-3,5-6,8-11,15,21H,4,7,12H2,1H3,(H2,19,20). The molecule has 8 heteroatoms. The van der Waals surface area contributed by atoms with Crippen LogP contribution in [0.2, 0.25) is 0 Å². The zero-order chi connectivity index (χ0) is 18.6. The number of amidine groups is 1. The lowest BCUT2D eigenvalue weighted by Crippen LogP contribution is -2.13. The molecule has 0 spiro atoms. The summed E-state index contributed by atoms with van der Waals surface area (Å²) in [5, 5.41) is 0. The lowest BCUT2D eigenvalue weighted by atomic mass is 10.1. The number of nitrogens with two attached hydrogens (primary N) is 1. The van der Waals surface area contributed by atoms with Crippen LogP contribution in [-0.2, 0) is 21.2 Å². The number of nitrogens with zero attached hydrogens (tertiary/aromatic N) is 1. The highest BCUT2D eigenvalue weighted by Gasteiger charge is 2.17. The van der Waals surface area contributed by atoms with Crippen molar-refractivity contribution in [3.05, 3.63) is 54.1 Å². The number of hydrogen-bond donors (Lipinski definition) is 2. The molecular weight excluding hydrogens is 354 g/mol. The number of aliphatic imine (C=N–C) groups is 1. The molecule has 2 aromatic rings. The first-order valence-corrected chi connectivity index (χ1v) is 9.66. The monoisotopic (exact) mass is 375 g/mol. The quantitative estimate of drug-likeness (QED) is 0.772. The number of sulfonamides is 1. The Balaban J connectivity index is 1.60. The average molecular weight is 375 g/mol. The van der Waals surface area contributed by atoms with Crippen molar-refractivity contribution in [2.24, 2.45) is 10.7 Å².